The Bertz CT molecular complexity index is 3140. The Morgan fingerprint density at radius 3 is 1.15 bits per heavy atom. The van der Waals surface area contributed by atoms with Crippen LogP contribution in [0.1, 0.15) is 52.7 Å². The van der Waals surface area contributed by atoms with E-state index < -0.39 is 0 Å². The molecule has 61 heavy (non-hydrogen) atoms. The number of fused-ring (bicyclic) bond motifs is 10. The van der Waals surface area contributed by atoms with Gasteiger partial charge in [0.1, 0.15) is 23.0 Å². The number of aromatic nitrogens is 2. The zero-order valence-corrected chi connectivity index (χ0v) is 35.4. The zero-order valence-electron chi connectivity index (χ0n) is 35.4. The first-order chi connectivity index (χ1) is 29.5. The fourth-order valence-electron chi connectivity index (χ4n) is 10.1. The van der Waals surface area contributed by atoms with Crippen LogP contribution in [-0.2, 0) is 10.8 Å². The van der Waals surface area contributed by atoms with Gasteiger partial charge in [0.05, 0.1) is 33.4 Å². The van der Waals surface area contributed by atoms with Crippen molar-refractivity contribution in [3.63, 3.8) is 0 Å². The van der Waals surface area contributed by atoms with E-state index in [0.29, 0.717) is 0 Å². The van der Waals surface area contributed by atoms with E-state index in [0.717, 1.165) is 73.0 Å². The van der Waals surface area contributed by atoms with Crippen molar-refractivity contribution >= 4 is 66.7 Å². The molecule has 8 aromatic carbocycles. The van der Waals surface area contributed by atoms with E-state index in [2.05, 4.69) is 214 Å². The van der Waals surface area contributed by atoms with Gasteiger partial charge in [0.2, 0.25) is 0 Å². The largest absolute Gasteiger partial charge is 0.458 e. The maximum atomic E-state index is 7.12. The molecule has 0 spiro atoms. The minimum absolute atomic E-state index is 0.0248. The number of benzene rings is 8. The molecule has 0 amide bonds. The topological polar surface area (TPSA) is 28.3 Å². The monoisotopic (exact) mass is 788 g/mol. The maximum absolute atomic E-state index is 7.12. The van der Waals surface area contributed by atoms with E-state index in [4.69, 9.17) is 9.47 Å². The summed E-state index contributed by atoms with van der Waals surface area (Å²) in [6.07, 6.45) is 0. The summed E-state index contributed by atoms with van der Waals surface area (Å²) in [7, 11) is 0. The Balaban J connectivity index is 1.18. The van der Waals surface area contributed by atoms with Crippen molar-refractivity contribution in [2.45, 2.75) is 52.4 Å². The first-order valence-electron chi connectivity index (χ1n) is 21.5. The summed E-state index contributed by atoms with van der Waals surface area (Å²) >= 11 is 0. The van der Waals surface area contributed by atoms with E-state index in [1.807, 2.05) is 0 Å². The average molecular weight is 789 g/mol. The molecule has 4 heterocycles. The second-order valence-electron chi connectivity index (χ2n) is 18.9. The molecule has 2 aromatic heterocycles. The van der Waals surface area contributed by atoms with Gasteiger partial charge in [0.25, 0.3) is 6.71 Å². The smallest absolute Gasteiger partial charge is 0.260 e. The lowest BCUT2D eigenvalue weighted by Gasteiger charge is -2.35. The van der Waals surface area contributed by atoms with Gasteiger partial charge in [-0.1, -0.05) is 145 Å². The molecule has 2 aliphatic rings. The highest BCUT2D eigenvalue weighted by Crippen LogP contribution is 2.46. The van der Waals surface area contributed by atoms with Crippen molar-refractivity contribution in [1.82, 2.24) is 9.13 Å². The Morgan fingerprint density at radius 2 is 0.770 bits per heavy atom. The van der Waals surface area contributed by atoms with E-state index in [-0.39, 0.29) is 17.5 Å². The van der Waals surface area contributed by atoms with E-state index >= 15 is 0 Å². The summed E-state index contributed by atoms with van der Waals surface area (Å²) in [5, 5.41) is 4.88. The summed E-state index contributed by atoms with van der Waals surface area (Å²) in [5.41, 5.74) is 14.9. The molecular formula is C56H45BN2O2. The summed E-state index contributed by atoms with van der Waals surface area (Å²) in [4.78, 5) is 0. The van der Waals surface area contributed by atoms with E-state index in [1.165, 1.54) is 43.6 Å². The van der Waals surface area contributed by atoms with Crippen LogP contribution in [0.4, 0.5) is 0 Å². The first-order valence-corrected chi connectivity index (χ1v) is 21.5. The van der Waals surface area contributed by atoms with Gasteiger partial charge in [-0.25, -0.2) is 0 Å². The van der Waals surface area contributed by atoms with Crippen molar-refractivity contribution in [2.75, 3.05) is 0 Å². The second-order valence-corrected chi connectivity index (χ2v) is 18.9. The predicted molar refractivity (Wildman–Crippen MR) is 256 cm³/mol. The molecular weight excluding hydrogens is 743 g/mol. The molecule has 10 aromatic rings. The van der Waals surface area contributed by atoms with Gasteiger partial charge in [0, 0.05) is 32.6 Å². The molecule has 0 fully saturated rings. The lowest BCUT2D eigenvalue weighted by Crippen LogP contribution is -2.57. The first kappa shape index (κ1) is 35.9. The molecule has 0 saturated carbocycles. The van der Waals surface area contributed by atoms with Gasteiger partial charge in [-0.2, -0.15) is 0 Å². The second kappa shape index (κ2) is 12.8. The highest BCUT2D eigenvalue weighted by molar-refractivity contribution is 6.98. The molecule has 0 radical (unpaired) electrons. The van der Waals surface area contributed by atoms with Crippen LogP contribution in [0, 0.1) is 0 Å². The zero-order chi connectivity index (χ0) is 41.4. The fourth-order valence-corrected chi connectivity index (χ4v) is 10.1. The SMILES string of the molecule is CC(C)(C)c1ccc2c(c1)B1c3cc(C(C)(C)C)ccc3Oc3cc(-c4c(-n5c6ccccc6c6ccccc65)cccc4-n4c5ccccc5c5ccccc54)cc(c31)O2. The minimum atomic E-state index is -0.0551. The van der Waals surface area contributed by atoms with Crippen molar-refractivity contribution < 1.29 is 9.47 Å². The van der Waals surface area contributed by atoms with Crippen molar-refractivity contribution in [3.05, 3.63) is 175 Å². The van der Waals surface area contributed by atoms with Crippen molar-refractivity contribution in [2.24, 2.45) is 0 Å². The number of ether oxygens (including phenoxy) is 2. The van der Waals surface area contributed by atoms with E-state index in [9.17, 15) is 0 Å². The molecule has 0 aliphatic carbocycles. The quantitative estimate of drug-likeness (QED) is 0.167. The van der Waals surface area contributed by atoms with Crippen molar-refractivity contribution in [1.29, 1.82) is 0 Å². The van der Waals surface area contributed by atoms with Crippen LogP contribution in [0.5, 0.6) is 23.0 Å². The van der Waals surface area contributed by atoms with Crippen LogP contribution in [0.3, 0.4) is 0 Å². The molecule has 0 unspecified atom stereocenters. The van der Waals surface area contributed by atoms with Gasteiger partial charge in [-0.05, 0) is 99.1 Å². The third-order valence-corrected chi connectivity index (χ3v) is 13.2. The van der Waals surface area contributed by atoms with Crippen LogP contribution in [-0.4, -0.2) is 15.8 Å². The Labute approximate surface area is 356 Å². The summed E-state index contributed by atoms with van der Waals surface area (Å²) in [5.74, 6) is 3.43. The van der Waals surface area contributed by atoms with Crippen molar-refractivity contribution in [3.8, 4) is 45.5 Å². The Kier molecular flexibility index (Phi) is 7.52. The van der Waals surface area contributed by atoms with Gasteiger partial charge in [0.15, 0.2) is 0 Å². The maximum Gasteiger partial charge on any atom is 0.260 e. The van der Waals surface area contributed by atoms with Gasteiger partial charge >= 0.3 is 0 Å². The van der Waals surface area contributed by atoms with E-state index in [1.54, 1.807) is 0 Å². The fraction of sp³-hybridized carbons (Fsp3) is 0.143. The van der Waals surface area contributed by atoms with Gasteiger partial charge in [-0.15, -0.1) is 0 Å². The number of rotatable bonds is 3. The van der Waals surface area contributed by atoms with Gasteiger partial charge in [-0.3, -0.25) is 0 Å². The standard InChI is InChI=1S/C56H45BN2O2/c1-55(2,3)35-26-28-49-41(32-35)57-42-33-36(56(4,5)6)27-29-50(42)61-52-31-34(30-51(60-49)54(52)57)53-47(58-43-20-11-7-16-37(43)38-17-8-12-21-44(38)58)24-15-25-48(53)59-45-22-13-9-18-39(45)40-19-10-14-23-46(40)59/h7-33H,1-6H3. The Hall–Kier alpha value is -6.98. The summed E-state index contributed by atoms with van der Waals surface area (Å²) < 4.78 is 19.1. The lowest BCUT2D eigenvalue weighted by molar-refractivity contribution is 0.464. The van der Waals surface area contributed by atoms with Crippen LogP contribution in [0.2, 0.25) is 0 Å². The molecule has 0 N–H and O–H groups in total. The number of hydrogen-bond donors (Lipinski definition) is 0. The summed E-state index contributed by atoms with van der Waals surface area (Å²) in [6, 6.07) is 59.9. The van der Waals surface area contributed by atoms with Crippen LogP contribution >= 0.6 is 0 Å². The molecule has 5 heteroatoms. The summed E-state index contributed by atoms with van der Waals surface area (Å²) in [6.45, 7) is 13.6. The predicted octanol–water partition coefficient (Wildman–Crippen LogP) is 12.9. The third kappa shape index (κ3) is 5.32. The molecule has 4 nitrogen and oxygen atoms in total. The molecule has 0 bridgehead atoms. The average Bonchev–Trinajstić information content (AvgIpc) is 3.78. The van der Waals surface area contributed by atoms with Crippen LogP contribution < -0.4 is 25.9 Å². The van der Waals surface area contributed by atoms with Crippen LogP contribution in [0.25, 0.3) is 66.1 Å². The molecule has 2 aliphatic heterocycles. The number of nitrogens with zero attached hydrogens (tertiary/aromatic N) is 2. The highest BCUT2D eigenvalue weighted by atomic mass is 16.5. The lowest BCUT2D eigenvalue weighted by atomic mass is 9.34. The minimum Gasteiger partial charge on any atom is -0.458 e. The third-order valence-electron chi connectivity index (χ3n) is 13.2. The molecule has 0 atom stereocenters. The van der Waals surface area contributed by atoms with Gasteiger partial charge < -0.3 is 18.6 Å². The molecule has 294 valence electrons. The highest BCUT2D eigenvalue weighted by Gasteiger charge is 2.42. The Morgan fingerprint density at radius 1 is 0.393 bits per heavy atom. The van der Waals surface area contributed by atoms with Crippen LogP contribution in [0.15, 0.2) is 164 Å². The normalized spacial score (nSPS) is 13.3. The molecule has 12 rings (SSSR count). The molecule has 0 saturated heterocycles. The number of para-hydroxylation sites is 4. The number of hydrogen-bond acceptors (Lipinski definition) is 2.